The van der Waals surface area contributed by atoms with Gasteiger partial charge in [0.05, 0.1) is 16.7 Å². The number of nitrogens with zero attached hydrogens (tertiary/aromatic N) is 4. The number of carbonyl (C=O) groups excluding carboxylic acids is 1. The Kier molecular flexibility index (Phi) is 4.92. The number of aryl methyl sites for hydroxylation is 1. The van der Waals surface area contributed by atoms with Crippen molar-refractivity contribution in [3.63, 3.8) is 0 Å². The molecule has 9 heteroatoms. The molecule has 2 aliphatic rings. The van der Waals surface area contributed by atoms with Gasteiger partial charge in [0.15, 0.2) is 5.69 Å². The van der Waals surface area contributed by atoms with Gasteiger partial charge in [-0.3, -0.25) is 14.4 Å². The fraction of sp³-hybridized carbons (Fsp3) is 0.733. The van der Waals surface area contributed by atoms with E-state index in [-0.39, 0.29) is 23.3 Å². The predicted molar refractivity (Wildman–Crippen MR) is 85.5 cm³/mol. The van der Waals surface area contributed by atoms with Gasteiger partial charge in [-0.15, -0.1) is 0 Å². The summed E-state index contributed by atoms with van der Waals surface area (Å²) in [5.41, 5.74) is -0.553. The van der Waals surface area contributed by atoms with E-state index < -0.39 is 11.9 Å². The molecule has 2 saturated heterocycles. The number of alkyl halides is 3. The molecule has 24 heavy (non-hydrogen) atoms. The Hall–Kier alpha value is -1.09. The van der Waals surface area contributed by atoms with Crippen LogP contribution in [-0.4, -0.2) is 57.7 Å². The molecule has 2 aliphatic heterocycles. The van der Waals surface area contributed by atoms with Crippen molar-refractivity contribution in [3.05, 3.63) is 15.9 Å². The van der Waals surface area contributed by atoms with Gasteiger partial charge in [-0.05, 0) is 42.2 Å². The third-order valence-corrected chi connectivity index (χ3v) is 5.83. The van der Waals surface area contributed by atoms with E-state index in [1.807, 2.05) is 4.90 Å². The summed E-state index contributed by atoms with van der Waals surface area (Å²) in [5.74, 6) is -0.0128. The molecule has 134 valence electrons. The normalized spacial score (nSPS) is 22.0. The summed E-state index contributed by atoms with van der Waals surface area (Å²) in [4.78, 5) is 16.6. The van der Waals surface area contributed by atoms with Gasteiger partial charge in [0.1, 0.15) is 0 Å². The molecule has 5 nitrogen and oxygen atoms in total. The van der Waals surface area contributed by atoms with Crippen LogP contribution in [-0.2, 0) is 17.5 Å². The van der Waals surface area contributed by atoms with E-state index in [1.54, 1.807) is 6.92 Å². The van der Waals surface area contributed by atoms with Crippen molar-refractivity contribution in [2.75, 3.05) is 26.2 Å². The van der Waals surface area contributed by atoms with Crippen molar-refractivity contribution >= 4 is 21.8 Å². The number of carbonyl (C=O) groups is 1. The largest absolute Gasteiger partial charge is 0.436 e. The minimum atomic E-state index is -4.50. The second-order valence-electron chi connectivity index (χ2n) is 6.39. The minimum absolute atomic E-state index is 0.0128. The SMILES string of the molecule is Cc1c(Br)c(C(F)(F)F)nn1CCC(=O)N1CCN2CCC[C@H]2C1. The molecule has 0 radical (unpaired) electrons. The molecular formula is C15H20BrF3N4O. The third-order valence-electron chi connectivity index (χ3n) is 4.88. The van der Waals surface area contributed by atoms with Crippen LogP contribution < -0.4 is 0 Å². The molecule has 2 fully saturated rings. The first kappa shape index (κ1) is 17.7. The first-order valence-corrected chi connectivity index (χ1v) is 8.88. The molecule has 1 aromatic rings. The van der Waals surface area contributed by atoms with E-state index in [9.17, 15) is 18.0 Å². The summed E-state index contributed by atoms with van der Waals surface area (Å²) in [6, 6.07) is 0.445. The quantitative estimate of drug-likeness (QED) is 0.771. The highest BCUT2D eigenvalue weighted by Gasteiger charge is 2.38. The monoisotopic (exact) mass is 408 g/mol. The van der Waals surface area contributed by atoms with Crippen molar-refractivity contribution in [1.29, 1.82) is 0 Å². The Bertz CT molecular complexity index is 631. The van der Waals surface area contributed by atoms with Crippen LogP contribution in [0.1, 0.15) is 30.7 Å². The maximum Gasteiger partial charge on any atom is 0.436 e. The molecule has 3 rings (SSSR count). The van der Waals surface area contributed by atoms with Gasteiger partial charge in [-0.2, -0.15) is 18.3 Å². The molecule has 1 amide bonds. The Morgan fingerprint density at radius 1 is 1.33 bits per heavy atom. The van der Waals surface area contributed by atoms with Crippen LogP contribution in [0.2, 0.25) is 0 Å². The Balaban J connectivity index is 1.60. The summed E-state index contributed by atoms with van der Waals surface area (Å²) in [6.07, 6.45) is -2.05. The number of fused-ring (bicyclic) bond motifs is 1. The Morgan fingerprint density at radius 2 is 2.08 bits per heavy atom. The maximum atomic E-state index is 12.9. The average molecular weight is 409 g/mol. The fourth-order valence-corrected chi connectivity index (χ4v) is 4.01. The molecule has 1 aromatic heterocycles. The molecular weight excluding hydrogens is 389 g/mol. The number of hydrogen-bond acceptors (Lipinski definition) is 3. The van der Waals surface area contributed by atoms with E-state index in [0.29, 0.717) is 18.3 Å². The van der Waals surface area contributed by atoms with E-state index >= 15 is 0 Å². The topological polar surface area (TPSA) is 41.4 Å². The van der Waals surface area contributed by atoms with E-state index in [1.165, 1.54) is 11.1 Å². The molecule has 3 heterocycles. The zero-order chi connectivity index (χ0) is 17.5. The van der Waals surface area contributed by atoms with Gasteiger partial charge in [-0.1, -0.05) is 0 Å². The molecule has 0 aromatic carbocycles. The van der Waals surface area contributed by atoms with Gasteiger partial charge >= 0.3 is 6.18 Å². The molecule has 0 bridgehead atoms. The zero-order valence-electron chi connectivity index (χ0n) is 13.4. The zero-order valence-corrected chi connectivity index (χ0v) is 15.0. The lowest BCUT2D eigenvalue weighted by atomic mass is 10.1. The number of hydrogen-bond donors (Lipinski definition) is 0. The summed E-state index contributed by atoms with van der Waals surface area (Å²) < 4.78 is 39.8. The van der Waals surface area contributed by atoms with Crippen LogP contribution in [0.3, 0.4) is 0 Å². The average Bonchev–Trinajstić information content (AvgIpc) is 3.10. The molecule has 1 atom stereocenters. The molecule has 0 saturated carbocycles. The highest BCUT2D eigenvalue weighted by molar-refractivity contribution is 9.10. The van der Waals surface area contributed by atoms with Crippen LogP contribution in [0, 0.1) is 6.92 Å². The van der Waals surface area contributed by atoms with Gasteiger partial charge in [0.2, 0.25) is 5.91 Å². The summed E-state index contributed by atoms with van der Waals surface area (Å²) in [7, 11) is 0. The van der Waals surface area contributed by atoms with E-state index in [4.69, 9.17) is 0 Å². The lowest BCUT2D eigenvalue weighted by Crippen LogP contribution is -2.52. The second kappa shape index (κ2) is 6.67. The first-order valence-electron chi connectivity index (χ1n) is 8.09. The Morgan fingerprint density at radius 3 is 2.75 bits per heavy atom. The third kappa shape index (κ3) is 3.46. The van der Waals surface area contributed by atoms with Crippen LogP contribution >= 0.6 is 15.9 Å². The first-order chi connectivity index (χ1) is 11.3. The van der Waals surface area contributed by atoms with Crippen LogP contribution in [0.4, 0.5) is 13.2 Å². The maximum absolute atomic E-state index is 12.9. The minimum Gasteiger partial charge on any atom is -0.340 e. The van der Waals surface area contributed by atoms with E-state index in [0.717, 1.165) is 26.1 Å². The summed E-state index contributed by atoms with van der Waals surface area (Å²) >= 11 is 2.95. The van der Waals surface area contributed by atoms with Gasteiger partial charge < -0.3 is 4.90 Å². The lowest BCUT2D eigenvalue weighted by molar-refractivity contribution is -0.142. The second-order valence-corrected chi connectivity index (χ2v) is 7.18. The smallest absolute Gasteiger partial charge is 0.340 e. The standard InChI is InChI=1S/C15H20BrF3N4O/c1-10-13(16)14(15(17,18)19)20-23(10)6-4-12(24)22-8-7-21-5-2-3-11(21)9-22/h11H,2-9H2,1H3/t11-/m0/s1. The summed E-state index contributed by atoms with van der Waals surface area (Å²) in [6.45, 7) is 5.14. The molecule has 0 spiro atoms. The van der Waals surface area contributed by atoms with Gasteiger partial charge in [0, 0.05) is 32.1 Å². The fourth-order valence-electron chi connectivity index (χ4n) is 3.50. The Labute approximate surface area is 146 Å². The number of piperazine rings is 1. The van der Waals surface area contributed by atoms with Crippen molar-refractivity contribution in [2.45, 2.75) is 44.9 Å². The van der Waals surface area contributed by atoms with E-state index in [2.05, 4.69) is 25.9 Å². The number of halogens is 4. The van der Waals surface area contributed by atoms with Crippen molar-refractivity contribution in [1.82, 2.24) is 19.6 Å². The highest BCUT2D eigenvalue weighted by atomic mass is 79.9. The van der Waals surface area contributed by atoms with Crippen LogP contribution in [0.25, 0.3) is 0 Å². The van der Waals surface area contributed by atoms with Crippen molar-refractivity contribution in [3.8, 4) is 0 Å². The number of aromatic nitrogens is 2. The van der Waals surface area contributed by atoms with Crippen molar-refractivity contribution < 1.29 is 18.0 Å². The molecule has 0 unspecified atom stereocenters. The van der Waals surface area contributed by atoms with Gasteiger partial charge in [-0.25, -0.2) is 0 Å². The summed E-state index contributed by atoms with van der Waals surface area (Å²) in [5, 5.41) is 3.62. The molecule has 0 aliphatic carbocycles. The van der Waals surface area contributed by atoms with Gasteiger partial charge in [0.25, 0.3) is 0 Å². The number of rotatable bonds is 3. The lowest BCUT2D eigenvalue weighted by Gasteiger charge is -2.37. The van der Waals surface area contributed by atoms with Crippen molar-refractivity contribution in [2.24, 2.45) is 0 Å². The molecule has 0 N–H and O–H groups in total. The predicted octanol–water partition coefficient (Wildman–Crippen LogP) is 2.67. The number of amides is 1. The van der Waals surface area contributed by atoms with Crippen LogP contribution in [0.15, 0.2) is 4.47 Å². The highest BCUT2D eigenvalue weighted by Crippen LogP contribution is 2.35. The van der Waals surface area contributed by atoms with Crippen LogP contribution in [0.5, 0.6) is 0 Å².